The van der Waals surface area contributed by atoms with E-state index in [0.717, 1.165) is 18.5 Å². The van der Waals surface area contributed by atoms with Crippen LogP contribution in [0.4, 0.5) is 4.39 Å². The molecular weight excluding hydrogens is 245 g/mol. The first-order chi connectivity index (χ1) is 9.13. The van der Waals surface area contributed by atoms with Crippen LogP contribution in [0, 0.1) is 12.7 Å². The molecule has 1 aromatic heterocycles. The number of nitrogens with zero attached hydrogens (tertiary/aromatic N) is 3. The zero-order chi connectivity index (χ0) is 13.4. The molecule has 0 saturated carbocycles. The minimum atomic E-state index is -0.160. The Hall–Kier alpha value is -1.75. The van der Waals surface area contributed by atoms with Crippen LogP contribution in [0.5, 0.6) is 0 Å². The second kappa shape index (κ2) is 4.74. The van der Waals surface area contributed by atoms with E-state index < -0.39 is 0 Å². The molecule has 1 atom stereocenters. The summed E-state index contributed by atoms with van der Waals surface area (Å²) < 4.78 is 18.4. The molecule has 5 heteroatoms. The Kier molecular flexibility index (Phi) is 3.06. The SMILES string of the molecule is Cc1noc(CN2CCc3cc(F)ccc3[C@@H]2C)n1. The van der Waals surface area contributed by atoms with E-state index in [0.29, 0.717) is 18.3 Å². The van der Waals surface area contributed by atoms with Crippen LogP contribution in [-0.4, -0.2) is 21.6 Å². The predicted octanol–water partition coefficient (Wildman–Crippen LogP) is 2.64. The van der Waals surface area contributed by atoms with Crippen LogP contribution >= 0.6 is 0 Å². The Morgan fingerprint density at radius 3 is 3.05 bits per heavy atom. The number of rotatable bonds is 2. The molecule has 0 fully saturated rings. The highest BCUT2D eigenvalue weighted by molar-refractivity contribution is 5.32. The summed E-state index contributed by atoms with van der Waals surface area (Å²) in [5, 5.41) is 3.80. The van der Waals surface area contributed by atoms with Gasteiger partial charge in [0.2, 0.25) is 5.89 Å². The summed E-state index contributed by atoms with van der Waals surface area (Å²) in [6, 6.07) is 5.27. The highest BCUT2D eigenvalue weighted by atomic mass is 19.1. The molecule has 2 aromatic rings. The molecule has 0 saturated heterocycles. The summed E-state index contributed by atoms with van der Waals surface area (Å²) in [7, 11) is 0. The number of aromatic nitrogens is 2. The summed E-state index contributed by atoms with van der Waals surface area (Å²) in [6.07, 6.45) is 0.852. The maximum absolute atomic E-state index is 13.2. The molecule has 100 valence electrons. The molecule has 0 radical (unpaired) electrons. The zero-order valence-electron chi connectivity index (χ0n) is 11.1. The highest BCUT2D eigenvalue weighted by Gasteiger charge is 2.25. The number of hydrogen-bond acceptors (Lipinski definition) is 4. The average molecular weight is 261 g/mol. The fourth-order valence-electron chi connectivity index (χ4n) is 2.65. The number of benzene rings is 1. The summed E-state index contributed by atoms with van der Waals surface area (Å²) >= 11 is 0. The predicted molar refractivity (Wildman–Crippen MR) is 68.0 cm³/mol. The molecule has 0 amide bonds. The van der Waals surface area contributed by atoms with Crippen LogP contribution in [0.1, 0.15) is 35.8 Å². The van der Waals surface area contributed by atoms with E-state index in [1.807, 2.05) is 13.0 Å². The van der Waals surface area contributed by atoms with Crippen LogP contribution in [0.25, 0.3) is 0 Å². The molecule has 4 nitrogen and oxygen atoms in total. The fourth-order valence-corrected chi connectivity index (χ4v) is 2.65. The van der Waals surface area contributed by atoms with E-state index in [4.69, 9.17) is 4.52 Å². The molecule has 0 N–H and O–H groups in total. The molecule has 2 heterocycles. The van der Waals surface area contributed by atoms with Gasteiger partial charge < -0.3 is 4.52 Å². The number of aryl methyl sites for hydroxylation is 1. The first-order valence-corrected chi connectivity index (χ1v) is 6.45. The van der Waals surface area contributed by atoms with Gasteiger partial charge in [0, 0.05) is 12.6 Å². The second-order valence-corrected chi connectivity index (χ2v) is 4.97. The Morgan fingerprint density at radius 2 is 2.32 bits per heavy atom. The smallest absolute Gasteiger partial charge is 0.240 e. The third kappa shape index (κ3) is 2.38. The second-order valence-electron chi connectivity index (χ2n) is 4.97. The van der Waals surface area contributed by atoms with Gasteiger partial charge in [0.05, 0.1) is 6.54 Å². The molecule has 1 aliphatic heterocycles. The molecule has 0 unspecified atom stereocenters. The van der Waals surface area contributed by atoms with Crippen molar-refractivity contribution in [2.24, 2.45) is 0 Å². The Balaban J connectivity index is 1.81. The maximum atomic E-state index is 13.2. The number of fused-ring (bicyclic) bond motifs is 1. The van der Waals surface area contributed by atoms with Crippen molar-refractivity contribution >= 4 is 0 Å². The lowest BCUT2D eigenvalue weighted by atomic mass is 9.93. The van der Waals surface area contributed by atoms with Crippen molar-refractivity contribution in [1.82, 2.24) is 15.0 Å². The van der Waals surface area contributed by atoms with Gasteiger partial charge >= 0.3 is 0 Å². The van der Waals surface area contributed by atoms with Gasteiger partial charge in [0.25, 0.3) is 0 Å². The van der Waals surface area contributed by atoms with Crippen LogP contribution < -0.4 is 0 Å². The van der Waals surface area contributed by atoms with Gasteiger partial charge in [-0.05, 0) is 43.5 Å². The Labute approximate surface area is 111 Å². The van der Waals surface area contributed by atoms with Crippen molar-refractivity contribution in [2.45, 2.75) is 32.9 Å². The average Bonchev–Trinajstić information content (AvgIpc) is 2.78. The molecule has 0 spiro atoms. The van der Waals surface area contributed by atoms with Crippen molar-refractivity contribution in [3.05, 3.63) is 46.9 Å². The fraction of sp³-hybridized carbons (Fsp3) is 0.429. The summed E-state index contributed by atoms with van der Waals surface area (Å²) in [6.45, 7) is 5.45. The summed E-state index contributed by atoms with van der Waals surface area (Å²) in [5.74, 6) is 1.13. The van der Waals surface area contributed by atoms with Crippen LogP contribution in [-0.2, 0) is 13.0 Å². The van der Waals surface area contributed by atoms with Crippen molar-refractivity contribution < 1.29 is 8.91 Å². The van der Waals surface area contributed by atoms with E-state index in [1.54, 1.807) is 6.07 Å². The lowest BCUT2D eigenvalue weighted by molar-refractivity contribution is 0.165. The third-order valence-corrected chi connectivity index (χ3v) is 3.68. The minimum Gasteiger partial charge on any atom is -0.338 e. The van der Waals surface area contributed by atoms with E-state index in [1.165, 1.54) is 11.6 Å². The van der Waals surface area contributed by atoms with E-state index in [-0.39, 0.29) is 11.9 Å². The standard InChI is InChI=1S/C14H16FN3O/c1-9-13-4-3-12(15)7-11(13)5-6-18(9)8-14-16-10(2)17-19-14/h3-4,7,9H,5-6,8H2,1-2H3/t9-/m0/s1. The van der Waals surface area contributed by atoms with Crippen molar-refractivity contribution in [1.29, 1.82) is 0 Å². The van der Waals surface area contributed by atoms with Gasteiger partial charge in [-0.2, -0.15) is 4.98 Å². The monoisotopic (exact) mass is 261 g/mol. The van der Waals surface area contributed by atoms with Crippen LogP contribution in [0.15, 0.2) is 22.7 Å². The van der Waals surface area contributed by atoms with Gasteiger partial charge in [0.1, 0.15) is 5.82 Å². The number of hydrogen-bond donors (Lipinski definition) is 0. The van der Waals surface area contributed by atoms with Crippen LogP contribution in [0.2, 0.25) is 0 Å². The molecular formula is C14H16FN3O. The van der Waals surface area contributed by atoms with E-state index in [2.05, 4.69) is 22.0 Å². The molecule has 0 bridgehead atoms. The minimum absolute atomic E-state index is 0.160. The van der Waals surface area contributed by atoms with Gasteiger partial charge in [0.15, 0.2) is 5.82 Å². The molecule has 1 aromatic carbocycles. The first-order valence-electron chi connectivity index (χ1n) is 6.45. The van der Waals surface area contributed by atoms with Gasteiger partial charge in [-0.15, -0.1) is 0 Å². The largest absolute Gasteiger partial charge is 0.338 e. The summed E-state index contributed by atoms with van der Waals surface area (Å²) in [5.41, 5.74) is 2.29. The van der Waals surface area contributed by atoms with Crippen molar-refractivity contribution in [3.63, 3.8) is 0 Å². The highest BCUT2D eigenvalue weighted by Crippen LogP contribution is 2.30. The molecule has 19 heavy (non-hydrogen) atoms. The Morgan fingerprint density at radius 1 is 1.47 bits per heavy atom. The first kappa shape index (κ1) is 12.3. The molecule has 0 aliphatic carbocycles. The zero-order valence-corrected chi connectivity index (χ0v) is 11.1. The van der Waals surface area contributed by atoms with Gasteiger partial charge in [-0.1, -0.05) is 11.2 Å². The lowest BCUT2D eigenvalue weighted by Crippen LogP contribution is -2.33. The molecule has 3 rings (SSSR count). The van der Waals surface area contributed by atoms with E-state index in [9.17, 15) is 4.39 Å². The third-order valence-electron chi connectivity index (χ3n) is 3.68. The Bertz CT molecular complexity index is 596. The quantitative estimate of drug-likeness (QED) is 0.833. The lowest BCUT2D eigenvalue weighted by Gasteiger charge is -2.34. The van der Waals surface area contributed by atoms with Crippen molar-refractivity contribution in [3.8, 4) is 0 Å². The summed E-state index contributed by atoms with van der Waals surface area (Å²) in [4.78, 5) is 6.50. The van der Waals surface area contributed by atoms with E-state index >= 15 is 0 Å². The van der Waals surface area contributed by atoms with Gasteiger partial charge in [-0.25, -0.2) is 4.39 Å². The van der Waals surface area contributed by atoms with Gasteiger partial charge in [-0.3, -0.25) is 4.90 Å². The topological polar surface area (TPSA) is 42.2 Å². The normalized spacial score (nSPS) is 19.4. The van der Waals surface area contributed by atoms with Crippen molar-refractivity contribution in [2.75, 3.05) is 6.54 Å². The maximum Gasteiger partial charge on any atom is 0.240 e. The van der Waals surface area contributed by atoms with Crippen LogP contribution in [0.3, 0.4) is 0 Å². The molecule has 1 aliphatic rings. The number of halogens is 1.